The molecule has 1 aliphatic heterocycles. The average molecular weight is 252 g/mol. The van der Waals surface area contributed by atoms with Crippen LogP contribution in [0.25, 0.3) is 0 Å². The molecule has 0 aliphatic carbocycles. The second-order valence-electron chi connectivity index (χ2n) is 4.58. The van der Waals surface area contributed by atoms with E-state index >= 15 is 0 Å². The number of amides is 1. The summed E-state index contributed by atoms with van der Waals surface area (Å²) in [4.78, 5) is 13.9. The molecule has 0 aromatic carbocycles. The lowest BCUT2D eigenvalue weighted by Gasteiger charge is -2.25. The molecule has 0 bridgehead atoms. The number of aliphatic hydroxyl groups is 1. The van der Waals surface area contributed by atoms with Crippen LogP contribution in [0.1, 0.15) is 35.6 Å². The van der Waals surface area contributed by atoms with E-state index in [1.807, 2.05) is 6.07 Å². The van der Waals surface area contributed by atoms with Gasteiger partial charge < -0.3 is 14.8 Å². The Hall–Kier alpha value is -1.33. The van der Waals surface area contributed by atoms with Crippen LogP contribution in [0.5, 0.6) is 0 Å². The van der Waals surface area contributed by atoms with Gasteiger partial charge in [0.15, 0.2) is 5.76 Å². The molecule has 1 aliphatic rings. The van der Waals surface area contributed by atoms with Gasteiger partial charge in [0, 0.05) is 6.54 Å². The zero-order valence-corrected chi connectivity index (χ0v) is 10.5. The predicted molar refractivity (Wildman–Crippen MR) is 67.3 cm³/mol. The van der Waals surface area contributed by atoms with Crippen LogP contribution in [0.15, 0.2) is 16.5 Å². The third kappa shape index (κ3) is 3.58. The molecule has 2 rings (SSSR count). The number of carbonyl (C=O) groups excluding carboxylic acids is 1. The first kappa shape index (κ1) is 13.1. The van der Waals surface area contributed by atoms with Crippen LogP contribution in [-0.2, 0) is 6.54 Å². The molecule has 1 aromatic heterocycles. The number of piperidine rings is 1. The Morgan fingerprint density at radius 2 is 2.11 bits per heavy atom. The van der Waals surface area contributed by atoms with Crippen molar-refractivity contribution in [2.24, 2.45) is 0 Å². The summed E-state index contributed by atoms with van der Waals surface area (Å²) in [6.07, 6.45) is 3.79. The number of furan rings is 1. The third-order valence-electron chi connectivity index (χ3n) is 3.11. The highest BCUT2D eigenvalue weighted by Gasteiger charge is 2.14. The molecule has 0 spiro atoms. The summed E-state index contributed by atoms with van der Waals surface area (Å²) >= 11 is 0. The van der Waals surface area contributed by atoms with Gasteiger partial charge in [0.1, 0.15) is 5.76 Å². The van der Waals surface area contributed by atoms with E-state index in [-0.39, 0.29) is 19.1 Å². The van der Waals surface area contributed by atoms with Crippen LogP contribution in [-0.4, -0.2) is 42.2 Å². The Morgan fingerprint density at radius 1 is 1.33 bits per heavy atom. The van der Waals surface area contributed by atoms with E-state index in [0.29, 0.717) is 5.76 Å². The quantitative estimate of drug-likeness (QED) is 0.820. The highest BCUT2D eigenvalue weighted by Crippen LogP contribution is 2.15. The topological polar surface area (TPSA) is 65.7 Å². The molecule has 5 heteroatoms. The Bertz CT molecular complexity index is 383. The van der Waals surface area contributed by atoms with Crippen LogP contribution >= 0.6 is 0 Å². The molecule has 1 aromatic rings. The molecular formula is C13H20N2O3. The Morgan fingerprint density at radius 3 is 2.83 bits per heavy atom. The number of likely N-dealkylation sites (tertiary alicyclic amines) is 1. The Kier molecular flexibility index (Phi) is 4.78. The molecule has 1 saturated heterocycles. The van der Waals surface area contributed by atoms with Gasteiger partial charge >= 0.3 is 0 Å². The van der Waals surface area contributed by atoms with E-state index in [1.165, 1.54) is 19.3 Å². The lowest BCUT2D eigenvalue weighted by molar-refractivity contribution is 0.0912. The monoisotopic (exact) mass is 252 g/mol. The van der Waals surface area contributed by atoms with E-state index < -0.39 is 0 Å². The van der Waals surface area contributed by atoms with Crippen LogP contribution in [0, 0.1) is 0 Å². The Balaban J connectivity index is 1.86. The van der Waals surface area contributed by atoms with Gasteiger partial charge in [0.2, 0.25) is 0 Å². The highest BCUT2D eigenvalue weighted by molar-refractivity contribution is 5.91. The minimum atomic E-state index is -0.269. The summed E-state index contributed by atoms with van der Waals surface area (Å²) in [6.45, 7) is 3.17. The maximum atomic E-state index is 11.6. The van der Waals surface area contributed by atoms with E-state index in [4.69, 9.17) is 9.52 Å². The van der Waals surface area contributed by atoms with Crippen molar-refractivity contribution in [3.63, 3.8) is 0 Å². The van der Waals surface area contributed by atoms with Gasteiger partial charge in [-0.1, -0.05) is 6.42 Å². The molecule has 2 N–H and O–H groups in total. The first-order valence-electron chi connectivity index (χ1n) is 6.50. The Labute approximate surface area is 107 Å². The van der Waals surface area contributed by atoms with Crippen molar-refractivity contribution in [2.75, 3.05) is 26.2 Å². The fourth-order valence-corrected chi connectivity index (χ4v) is 2.18. The van der Waals surface area contributed by atoms with Crippen LogP contribution in [0.3, 0.4) is 0 Å². The van der Waals surface area contributed by atoms with E-state index in [0.717, 1.165) is 25.4 Å². The smallest absolute Gasteiger partial charge is 0.287 e. The standard InChI is InChI=1S/C13H20N2O3/c16-9-6-14-13(17)12-5-4-11(18-12)10-15-7-2-1-3-8-15/h4-5,16H,1-3,6-10H2,(H,14,17). The van der Waals surface area contributed by atoms with Crippen LogP contribution in [0.4, 0.5) is 0 Å². The molecule has 0 atom stereocenters. The normalized spacial score (nSPS) is 16.7. The van der Waals surface area contributed by atoms with Crippen molar-refractivity contribution in [1.82, 2.24) is 10.2 Å². The summed E-state index contributed by atoms with van der Waals surface area (Å²) in [6, 6.07) is 3.54. The van der Waals surface area contributed by atoms with E-state index in [2.05, 4.69) is 10.2 Å². The molecule has 0 unspecified atom stereocenters. The fourth-order valence-electron chi connectivity index (χ4n) is 2.18. The number of rotatable bonds is 5. The number of nitrogens with one attached hydrogen (secondary N) is 1. The summed E-state index contributed by atoms with van der Waals surface area (Å²) < 4.78 is 5.51. The first-order chi connectivity index (χ1) is 8.79. The van der Waals surface area contributed by atoms with E-state index in [9.17, 15) is 4.79 Å². The average Bonchev–Trinajstić information content (AvgIpc) is 2.86. The fraction of sp³-hybridized carbons (Fsp3) is 0.615. The van der Waals surface area contributed by atoms with Crippen molar-refractivity contribution in [1.29, 1.82) is 0 Å². The molecule has 5 nitrogen and oxygen atoms in total. The van der Waals surface area contributed by atoms with Crippen molar-refractivity contribution < 1.29 is 14.3 Å². The number of hydrogen-bond donors (Lipinski definition) is 2. The van der Waals surface area contributed by atoms with Gasteiger partial charge in [0.25, 0.3) is 5.91 Å². The summed E-state index contributed by atoms with van der Waals surface area (Å²) in [5.74, 6) is 0.871. The second kappa shape index (κ2) is 6.56. The molecule has 1 fully saturated rings. The van der Waals surface area contributed by atoms with Gasteiger partial charge in [-0.25, -0.2) is 0 Å². The molecule has 100 valence electrons. The molecular weight excluding hydrogens is 232 g/mol. The number of nitrogens with zero attached hydrogens (tertiary/aromatic N) is 1. The molecule has 18 heavy (non-hydrogen) atoms. The lowest BCUT2D eigenvalue weighted by Crippen LogP contribution is -2.29. The van der Waals surface area contributed by atoms with Crippen molar-refractivity contribution in [2.45, 2.75) is 25.8 Å². The SMILES string of the molecule is O=C(NCCO)c1ccc(CN2CCCCC2)o1. The molecule has 0 saturated carbocycles. The maximum absolute atomic E-state index is 11.6. The lowest BCUT2D eigenvalue weighted by atomic mass is 10.1. The van der Waals surface area contributed by atoms with Crippen molar-refractivity contribution >= 4 is 5.91 Å². The number of carbonyl (C=O) groups is 1. The number of aliphatic hydroxyl groups excluding tert-OH is 1. The van der Waals surface area contributed by atoms with Crippen molar-refractivity contribution in [3.05, 3.63) is 23.7 Å². The van der Waals surface area contributed by atoms with Crippen LogP contribution in [0.2, 0.25) is 0 Å². The van der Waals surface area contributed by atoms with Gasteiger partial charge in [-0.05, 0) is 38.1 Å². The highest BCUT2D eigenvalue weighted by atomic mass is 16.4. The molecule has 1 amide bonds. The van der Waals surface area contributed by atoms with Gasteiger partial charge in [0.05, 0.1) is 13.2 Å². The zero-order chi connectivity index (χ0) is 12.8. The summed E-state index contributed by atoms with van der Waals surface area (Å²) in [5.41, 5.74) is 0. The first-order valence-corrected chi connectivity index (χ1v) is 6.50. The van der Waals surface area contributed by atoms with Crippen LogP contribution < -0.4 is 5.32 Å². The number of hydrogen-bond acceptors (Lipinski definition) is 4. The summed E-state index contributed by atoms with van der Waals surface area (Å²) in [7, 11) is 0. The van der Waals surface area contributed by atoms with Gasteiger partial charge in [-0.3, -0.25) is 9.69 Å². The van der Waals surface area contributed by atoms with Crippen molar-refractivity contribution in [3.8, 4) is 0 Å². The molecule has 0 radical (unpaired) electrons. The zero-order valence-electron chi connectivity index (χ0n) is 10.5. The molecule has 2 heterocycles. The van der Waals surface area contributed by atoms with E-state index in [1.54, 1.807) is 6.07 Å². The third-order valence-corrected chi connectivity index (χ3v) is 3.11. The predicted octanol–water partition coefficient (Wildman–Crippen LogP) is 0.988. The van der Waals surface area contributed by atoms with Gasteiger partial charge in [-0.15, -0.1) is 0 Å². The second-order valence-corrected chi connectivity index (χ2v) is 4.58. The summed E-state index contributed by atoms with van der Waals surface area (Å²) in [5, 5.41) is 11.2. The minimum absolute atomic E-state index is 0.0624. The van der Waals surface area contributed by atoms with Gasteiger partial charge in [-0.2, -0.15) is 0 Å². The maximum Gasteiger partial charge on any atom is 0.287 e. The minimum Gasteiger partial charge on any atom is -0.455 e. The largest absolute Gasteiger partial charge is 0.455 e.